The van der Waals surface area contributed by atoms with E-state index >= 15 is 0 Å². The maximum atomic E-state index is 9.19. The molecule has 0 spiro atoms. The predicted molar refractivity (Wildman–Crippen MR) is 30.6 cm³/mol. The summed E-state index contributed by atoms with van der Waals surface area (Å²) in [7, 11) is 0. The minimum atomic E-state index is -1.20. The van der Waals surface area contributed by atoms with Gasteiger partial charge in [0.25, 0.3) is 0 Å². The lowest BCUT2D eigenvalue weighted by Gasteiger charge is -2.24. The largest absolute Gasteiger partial charge is 0.377 e. The summed E-state index contributed by atoms with van der Waals surface area (Å²) in [6.45, 7) is 0.841. The third-order valence-corrected chi connectivity index (χ3v) is 1.43. The molecule has 0 aromatic carbocycles. The average Bonchev–Trinajstić information content (AvgIpc) is 1.90. The van der Waals surface area contributed by atoms with E-state index < -0.39 is 5.60 Å². The van der Waals surface area contributed by atoms with E-state index in [4.69, 9.17) is 10.00 Å². The summed E-state index contributed by atoms with van der Waals surface area (Å²) in [5, 5.41) is 17.6. The van der Waals surface area contributed by atoms with Crippen LogP contribution in [0, 0.1) is 11.3 Å². The molecular formula is C6H9NO2. The summed E-state index contributed by atoms with van der Waals surface area (Å²) in [4.78, 5) is 0. The van der Waals surface area contributed by atoms with Crippen LogP contribution in [0.1, 0.15) is 12.8 Å². The van der Waals surface area contributed by atoms with Crippen LogP contribution in [0.5, 0.6) is 0 Å². The monoisotopic (exact) mass is 127 g/mol. The van der Waals surface area contributed by atoms with Gasteiger partial charge in [0, 0.05) is 6.61 Å². The molecule has 1 fully saturated rings. The summed E-state index contributed by atoms with van der Waals surface area (Å²) < 4.78 is 4.90. The highest BCUT2D eigenvalue weighted by atomic mass is 16.5. The van der Waals surface area contributed by atoms with Gasteiger partial charge in [0.05, 0.1) is 12.7 Å². The van der Waals surface area contributed by atoms with Crippen molar-refractivity contribution in [1.82, 2.24) is 0 Å². The van der Waals surface area contributed by atoms with Crippen molar-refractivity contribution in [2.24, 2.45) is 0 Å². The van der Waals surface area contributed by atoms with Crippen LogP contribution < -0.4 is 0 Å². The molecule has 1 atom stereocenters. The minimum absolute atomic E-state index is 0.170. The van der Waals surface area contributed by atoms with Gasteiger partial charge in [0.1, 0.15) is 0 Å². The zero-order valence-corrected chi connectivity index (χ0v) is 5.13. The molecule has 0 aromatic heterocycles. The summed E-state index contributed by atoms with van der Waals surface area (Å²) >= 11 is 0. The van der Waals surface area contributed by atoms with Crippen molar-refractivity contribution in [3.8, 4) is 6.07 Å². The second kappa shape index (κ2) is 2.34. The lowest BCUT2D eigenvalue weighted by atomic mass is 9.99. The first-order valence-electron chi connectivity index (χ1n) is 2.98. The van der Waals surface area contributed by atoms with Gasteiger partial charge in [-0.25, -0.2) is 0 Å². The molecular weight excluding hydrogens is 118 g/mol. The fourth-order valence-electron chi connectivity index (χ4n) is 0.868. The van der Waals surface area contributed by atoms with Gasteiger partial charge >= 0.3 is 0 Å². The van der Waals surface area contributed by atoms with E-state index in [1.165, 1.54) is 0 Å². The van der Waals surface area contributed by atoms with Crippen molar-refractivity contribution in [3.63, 3.8) is 0 Å². The van der Waals surface area contributed by atoms with E-state index in [-0.39, 0.29) is 6.61 Å². The van der Waals surface area contributed by atoms with Crippen LogP contribution in [0.2, 0.25) is 0 Å². The molecule has 1 aliphatic heterocycles. The Bertz CT molecular complexity index is 132. The quantitative estimate of drug-likeness (QED) is 0.468. The predicted octanol–water partition coefficient (Wildman–Crippen LogP) is 0.0515. The normalized spacial score (nSPS) is 35.6. The van der Waals surface area contributed by atoms with E-state index in [0.29, 0.717) is 13.0 Å². The van der Waals surface area contributed by atoms with Crippen LogP contribution in [0.4, 0.5) is 0 Å². The number of aliphatic hydroxyl groups is 1. The second-order valence-electron chi connectivity index (χ2n) is 2.30. The fraction of sp³-hybridized carbons (Fsp3) is 0.833. The fourth-order valence-corrected chi connectivity index (χ4v) is 0.868. The maximum absolute atomic E-state index is 9.19. The lowest BCUT2D eigenvalue weighted by Crippen LogP contribution is -2.36. The zero-order valence-electron chi connectivity index (χ0n) is 5.13. The molecule has 3 nitrogen and oxygen atoms in total. The van der Waals surface area contributed by atoms with Crippen molar-refractivity contribution < 1.29 is 9.84 Å². The highest BCUT2D eigenvalue weighted by molar-refractivity contribution is 5.01. The number of rotatable bonds is 0. The molecule has 1 heterocycles. The van der Waals surface area contributed by atoms with Gasteiger partial charge in [-0.15, -0.1) is 0 Å². The SMILES string of the molecule is N#C[C@]1(O)CCCOC1. The third-order valence-electron chi connectivity index (χ3n) is 1.43. The number of ether oxygens (including phenoxy) is 1. The molecule has 1 N–H and O–H groups in total. The first-order valence-corrected chi connectivity index (χ1v) is 2.98. The standard InChI is InChI=1S/C6H9NO2/c7-4-6(8)2-1-3-9-5-6/h8H,1-3,5H2/t6-/m1/s1. The third kappa shape index (κ3) is 1.41. The molecule has 0 aliphatic carbocycles. The van der Waals surface area contributed by atoms with E-state index in [1.54, 1.807) is 0 Å². The Labute approximate surface area is 53.9 Å². The molecule has 1 saturated heterocycles. The molecule has 0 unspecified atom stereocenters. The van der Waals surface area contributed by atoms with Crippen LogP contribution in [-0.2, 0) is 4.74 Å². The molecule has 3 heteroatoms. The van der Waals surface area contributed by atoms with Crippen molar-refractivity contribution in [1.29, 1.82) is 5.26 Å². The molecule has 0 bridgehead atoms. The van der Waals surface area contributed by atoms with E-state index in [0.717, 1.165) is 6.42 Å². The number of hydrogen-bond donors (Lipinski definition) is 1. The van der Waals surface area contributed by atoms with Gasteiger partial charge in [-0.05, 0) is 12.8 Å². The number of nitrogens with zero attached hydrogens (tertiary/aromatic N) is 1. The van der Waals surface area contributed by atoms with Gasteiger partial charge in [0.2, 0.25) is 0 Å². The van der Waals surface area contributed by atoms with Crippen molar-refractivity contribution in [2.75, 3.05) is 13.2 Å². The van der Waals surface area contributed by atoms with Crippen LogP contribution >= 0.6 is 0 Å². The van der Waals surface area contributed by atoms with Gasteiger partial charge < -0.3 is 9.84 Å². The summed E-state index contributed by atoms with van der Waals surface area (Å²) in [5.74, 6) is 0. The van der Waals surface area contributed by atoms with Crippen molar-refractivity contribution >= 4 is 0 Å². The molecule has 0 radical (unpaired) electrons. The second-order valence-corrected chi connectivity index (χ2v) is 2.30. The minimum Gasteiger partial charge on any atom is -0.377 e. The molecule has 1 rings (SSSR count). The van der Waals surface area contributed by atoms with Gasteiger partial charge in [-0.1, -0.05) is 0 Å². The Balaban J connectivity index is 2.49. The molecule has 9 heavy (non-hydrogen) atoms. The average molecular weight is 127 g/mol. The Morgan fingerprint density at radius 3 is 2.78 bits per heavy atom. The van der Waals surface area contributed by atoms with Crippen LogP contribution in [0.3, 0.4) is 0 Å². The first-order chi connectivity index (χ1) is 4.27. The lowest BCUT2D eigenvalue weighted by molar-refractivity contribution is -0.0492. The molecule has 50 valence electrons. The number of nitriles is 1. The van der Waals surface area contributed by atoms with Crippen molar-refractivity contribution in [2.45, 2.75) is 18.4 Å². The highest BCUT2D eigenvalue weighted by Gasteiger charge is 2.29. The Hall–Kier alpha value is -0.590. The van der Waals surface area contributed by atoms with E-state index in [1.807, 2.05) is 6.07 Å². The molecule has 0 saturated carbocycles. The summed E-state index contributed by atoms with van der Waals surface area (Å²) in [6, 6.07) is 1.81. The molecule has 0 amide bonds. The Kier molecular flexibility index (Phi) is 1.70. The molecule has 1 aliphatic rings. The first kappa shape index (κ1) is 6.53. The van der Waals surface area contributed by atoms with Gasteiger partial charge in [0.15, 0.2) is 5.60 Å². The van der Waals surface area contributed by atoms with Crippen LogP contribution in [0.25, 0.3) is 0 Å². The topological polar surface area (TPSA) is 53.2 Å². The van der Waals surface area contributed by atoms with Crippen LogP contribution in [-0.4, -0.2) is 23.9 Å². The van der Waals surface area contributed by atoms with Crippen molar-refractivity contribution in [3.05, 3.63) is 0 Å². The smallest absolute Gasteiger partial charge is 0.174 e. The highest BCUT2D eigenvalue weighted by Crippen LogP contribution is 2.16. The molecule has 0 aromatic rings. The summed E-state index contributed by atoms with van der Waals surface area (Å²) in [5.41, 5.74) is -1.20. The zero-order chi connectivity index (χ0) is 6.74. The van der Waals surface area contributed by atoms with E-state index in [9.17, 15) is 5.11 Å². The van der Waals surface area contributed by atoms with E-state index in [2.05, 4.69) is 0 Å². The van der Waals surface area contributed by atoms with Gasteiger partial charge in [-0.3, -0.25) is 0 Å². The van der Waals surface area contributed by atoms with Crippen LogP contribution in [0.15, 0.2) is 0 Å². The summed E-state index contributed by atoms with van der Waals surface area (Å²) in [6.07, 6.45) is 1.33. The number of hydrogen-bond acceptors (Lipinski definition) is 3. The Morgan fingerprint density at radius 1 is 1.67 bits per heavy atom. The maximum Gasteiger partial charge on any atom is 0.174 e. The Morgan fingerprint density at radius 2 is 2.44 bits per heavy atom. The van der Waals surface area contributed by atoms with Gasteiger partial charge in [-0.2, -0.15) is 5.26 Å².